The van der Waals surface area contributed by atoms with Gasteiger partial charge in [-0.05, 0) is 32.1 Å². The number of rotatable bonds is 11. The van der Waals surface area contributed by atoms with Gasteiger partial charge < -0.3 is 26.8 Å². The molecule has 0 aromatic rings. The molecule has 0 saturated carbocycles. The van der Waals surface area contributed by atoms with E-state index in [2.05, 4.69) is 16.0 Å². The van der Waals surface area contributed by atoms with E-state index < -0.39 is 47.9 Å². The molecule has 0 aliphatic rings. The Kier molecular flexibility index (Phi) is 10.6. The number of carboxylic acid groups (broad SMARTS) is 1. The Hall–Kier alpha value is -2.16. The van der Waals surface area contributed by atoms with Gasteiger partial charge in [-0.2, -0.15) is 0 Å². The van der Waals surface area contributed by atoms with Crippen molar-refractivity contribution in [2.24, 2.45) is 17.6 Å². The molecule has 0 aliphatic carbocycles. The lowest BCUT2D eigenvalue weighted by molar-refractivity contribution is -0.141. The second kappa shape index (κ2) is 11.5. The lowest BCUT2D eigenvalue weighted by Crippen LogP contribution is -2.57. The fourth-order valence-electron chi connectivity index (χ4n) is 2.35. The average molecular weight is 386 g/mol. The van der Waals surface area contributed by atoms with Crippen molar-refractivity contribution in [2.45, 2.75) is 78.6 Å². The van der Waals surface area contributed by atoms with Gasteiger partial charge in [0.2, 0.25) is 17.7 Å². The first-order valence-electron chi connectivity index (χ1n) is 9.30. The van der Waals surface area contributed by atoms with E-state index in [9.17, 15) is 19.2 Å². The number of nitrogens with two attached hydrogens (primary N) is 1. The quantitative estimate of drug-likeness (QED) is 0.337. The van der Waals surface area contributed by atoms with Crippen molar-refractivity contribution in [3.8, 4) is 0 Å². The highest BCUT2D eigenvalue weighted by atomic mass is 16.4. The smallest absolute Gasteiger partial charge is 0.325 e. The second-order valence-corrected chi connectivity index (χ2v) is 7.41. The fraction of sp³-hybridized carbons (Fsp3) is 0.778. The van der Waals surface area contributed by atoms with E-state index in [1.807, 2.05) is 27.7 Å². The van der Waals surface area contributed by atoms with Crippen LogP contribution in [0.15, 0.2) is 0 Å². The van der Waals surface area contributed by atoms with E-state index in [0.717, 1.165) is 0 Å². The van der Waals surface area contributed by atoms with E-state index >= 15 is 0 Å². The third kappa shape index (κ3) is 8.85. The number of carboxylic acids is 1. The van der Waals surface area contributed by atoms with Crippen LogP contribution in [0.2, 0.25) is 0 Å². The fourth-order valence-corrected chi connectivity index (χ4v) is 2.35. The SMILES string of the molecule is CCC(C)C(NC(=O)C(N)CC(C)C)C(=O)NC(C)C(=O)NC(C)C(=O)O. The molecular formula is C18H34N4O5. The Morgan fingerprint density at radius 2 is 1.37 bits per heavy atom. The molecule has 9 nitrogen and oxygen atoms in total. The molecule has 6 N–H and O–H groups in total. The lowest BCUT2D eigenvalue weighted by atomic mass is 9.96. The van der Waals surface area contributed by atoms with E-state index in [1.54, 1.807) is 0 Å². The highest BCUT2D eigenvalue weighted by Crippen LogP contribution is 2.10. The summed E-state index contributed by atoms with van der Waals surface area (Å²) in [6.45, 7) is 10.4. The minimum Gasteiger partial charge on any atom is -0.480 e. The zero-order valence-electron chi connectivity index (χ0n) is 17.0. The first-order valence-corrected chi connectivity index (χ1v) is 9.30. The number of nitrogens with one attached hydrogen (secondary N) is 3. The Bertz CT molecular complexity index is 538. The summed E-state index contributed by atoms with van der Waals surface area (Å²) in [6.07, 6.45) is 1.13. The second-order valence-electron chi connectivity index (χ2n) is 7.41. The molecule has 0 aromatic heterocycles. The van der Waals surface area contributed by atoms with Crippen molar-refractivity contribution in [3.05, 3.63) is 0 Å². The largest absolute Gasteiger partial charge is 0.480 e. The van der Waals surface area contributed by atoms with Gasteiger partial charge in [-0.1, -0.05) is 34.1 Å². The van der Waals surface area contributed by atoms with Crippen LogP contribution in [-0.4, -0.2) is 53.0 Å². The summed E-state index contributed by atoms with van der Waals surface area (Å²) in [5.41, 5.74) is 5.88. The lowest BCUT2D eigenvalue weighted by Gasteiger charge is -2.27. The van der Waals surface area contributed by atoms with Gasteiger partial charge in [0.1, 0.15) is 18.1 Å². The average Bonchev–Trinajstić information content (AvgIpc) is 2.57. The summed E-state index contributed by atoms with van der Waals surface area (Å²) < 4.78 is 0. The van der Waals surface area contributed by atoms with Crippen molar-refractivity contribution in [1.29, 1.82) is 0 Å². The first kappa shape index (κ1) is 24.8. The topological polar surface area (TPSA) is 151 Å². The maximum absolute atomic E-state index is 12.6. The molecule has 156 valence electrons. The molecule has 0 fully saturated rings. The number of hydrogen-bond donors (Lipinski definition) is 5. The van der Waals surface area contributed by atoms with E-state index in [-0.39, 0.29) is 11.8 Å². The Morgan fingerprint density at radius 1 is 0.852 bits per heavy atom. The third-order valence-electron chi connectivity index (χ3n) is 4.34. The van der Waals surface area contributed by atoms with Crippen LogP contribution in [0.5, 0.6) is 0 Å². The molecule has 5 unspecified atom stereocenters. The minimum absolute atomic E-state index is 0.173. The van der Waals surface area contributed by atoms with E-state index in [1.165, 1.54) is 13.8 Å². The van der Waals surface area contributed by atoms with Gasteiger partial charge in [-0.3, -0.25) is 19.2 Å². The summed E-state index contributed by atoms with van der Waals surface area (Å²) in [7, 11) is 0. The molecule has 0 spiro atoms. The van der Waals surface area contributed by atoms with Gasteiger partial charge in [0, 0.05) is 0 Å². The summed E-state index contributed by atoms with van der Waals surface area (Å²) in [5.74, 6) is -2.66. The molecule has 5 atom stereocenters. The molecule has 0 saturated heterocycles. The van der Waals surface area contributed by atoms with Crippen LogP contribution >= 0.6 is 0 Å². The molecule has 0 radical (unpaired) electrons. The molecule has 0 heterocycles. The third-order valence-corrected chi connectivity index (χ3v) is 4.34. The van der Waals surface area contributed by atoms with Crippen LogP contribution in [0, 0.1) is 11.8 Å². The first-order chi connectivity index (χ1) is 12.4. The number of hydrogen-bond acceptors (Lipinski definition) is 5. The van der Waals surface area contributed by atoms with Crippen LogP contribution in [-0.2, 0) is 19.2 Å². The molecule has 0 bridgehead atoms. The minimum atomic E-state index is -1.18. The zero-order chi connectivity index (χ0) is 21.3. The number of aliphatic carboxylic acids is 1. The molecule has 0 rings (SSSR count). The van der Waals surface area contributed by atoms with E-state index in [4.69, 9.17) is 10.8 Å². The van der Waals surface area contributed by atoms with Crippen molar-refractivity contribution >= 4 is 23.7 Å². The Labute approximate surface area is 160 Å². The van der Waals surface area contributed by atoms with Crippen LogP contribution < -0.4 is 21.7 Å². The monoisotopic (exact) mass is 386 g/mol. The van der Waals surface area contributed by atoms with E-state index in [0.29, 0.717) is 12.8 Å². The predicted molar refractivity (Wildman–Crippen MR) is 102 cm³/mol. The van der Waals surface area contributed by atoms with Gasteiger partial charge in [0.15, 0.2) is 0 Å². The molecule has 3 amide bonds. The van der Waals surface area contributed by atoms with Crippen LogP contribution in [0.25, 0.3) is 0 Å². The van der Waals surface area contributed by atoms with Gasteiger partial charge >= 0.3 is 5.97 Å². The summed E-state index contributed by atoms with van der Waals surface area (Å²) in [6, 6.07) is -3.59. The highest BCUT2D eigenvalue weighted by Gasteiger charge is 2.30. The van der Waals surface area contributed by atoms with Crippen molar-refractivity contribution in [1.82, 2.24) is 16.0 Å². The molecule has 0 aromatic carbocycles. The summed E-state index contributed by atoms with van der Waals surface area (Å²) >= 11 is 0. The maximum Gasteiger partial charge on any atom is 0.325 e. The van der Waals surface area contributed by atoms with Crippen molar-refractivity contribution in [3.63, 3.8) is 0 Å². The maximum atomic E-state index is 12.6. The standard InChI is InChI=1S/C18H34N4O5/c1-7-10(4)14(22-16(24)13(19)8-9(2)3)17(25)20-11(5)15(23)21-12(6)18(26)27/h9-14H,7-8,19H2,1-6H3,(H,20,25)(H,21,23)(H,22,24)(H,26,27). The number of amides is 3. The molecule has 27 heavy (non-hydrogen) atoms. The summed E-state index contributed by atoms with van der Waals surface area (Å²) in [5, 5.41) is 16.3. The van der Waals surface area contributed by atoms with Crippen molar-refractivity contribution < 1.29 is 24.3 Å². The highest BCUT2D eigenvalue weighted by molar-refractivity contribution is 5.93. The van der Waals surface area contributed by atoms with Gasteiger partial charge in [0.25, 0.3) is 0 Å². The number of carbonyl (C=O) groups excluding carboxylic acids is 3. The predicted octanol–water partition coefficient (Wildman–Crippen LogP) is -0.0153. The Morgan fingerprint density at radius 3 is 1.81 bits per heavy atom. The van der Waals surface area contributed by atoms with Gasteiger partial charge in [0.05, 0.1) is 6.04 Å². The zero-order valence-corrected chi connectivity index (χ0v) is 17.0. The van der Waals surface area contributed by atoms with Gasteiger partial charge in [-0.25, -0.2) is 0 Å². The Balaban J connectivity index is 4.99. The normalized spacial score (nSPS) is 16.6. The molecule has 0 aliphatic heterocycles. The van der Waals surface area contributed by atoms with Crippen LogP contribution in [0.3, 0.4) is 0 Å². The van der Waals surface area contributed by atoms with Crippen molar-refractivity contribution in [2.75, 3.05) is 0 Å². The van der Waals surface area contributed by atoms with Crippen LogP contribution in [0.1, 0.15) is 54.4 Å². The van der Waals surface area contributed by atoms with Gasteiger partial charge in [-0.15, -0.1) is 0 Å². The molecule has 9 heteroatoms. The summed E-state index contributed by atoms with van der Waals surface area (Å²) in [4.78, 5) is 47.7. The number of carbonyl (C=O) groups is 4. The van der Waals surface area contributed by atoms with Crippen LogP contribution in [0.4, 0.5) is 0 Å². The molecular weight excluding hydrogens is 352 g/mol.